The van der Waals surface area contributed by atoms with Gasteiger partial charge in [-0.05, 0) is 37.4 Å². The molecular formula is C19H24Br2N4O. The van der Waals surface area contributed by atoms with Crippen molar-refractivity contribution in [1.29, 1.82) is 0 Å². The number of aromatic nitrogens is 3. The van der Waals surface area contributed by atoms with Crippen LogP contribution < -0.4 is 0 Å². The molecule has 0 N–H and O–H groups in total. The number of hydrogen-bond acceptors (Lipinski definition) is 3. The van der Waals surface area contributed by atoms with Crippen molar-refractivity contribution >= 4 is 50.8 Å². The molecule has 7 heteroatoms. The summed E-state index contributed by atoms with van der Waals surface area (Å²) in [5.74, 6) is 1.77. The van der Waals surface area contributed by atoms with Gasteiger partial charge in [-0.3, -0.25) is 4.40 Å². The Bertz CT molecular complexity index is 955. The van der Waals surface area contributed by atoms with E-state index < -0.39 is 0 Å². The van der Waals surface area contributed by atoms with Crippen LogP contribution in [0.2, 0.25) is 0 Å². The average Bonchev–Trinajstić information content (AvgIpc) is 3.32. The topological polar surface area (TPSA) is 38.6 Å². The summed E-state index contributed by atoms with van der Waals surface area (Å²) >= 11 is 0. The molecule has 140 valence electrons. The predicted octanol–water partition coefficient (Wildman–Crippen LogP) is 5.05. The lowest BCUT2D eigenvalue weighted by molar-refractivity contribution is 0.293. The lowest BCUT2D eigenvalue weighted by Gasteiger charge is -2.18. The first kappa shape index (κ1) is 20.7. The summed E-state index contributed by atoms with van der Waals surface area (Å²) in [4.78, 5) is 7.27. The highest BCUT2D eigenvalue weighted by Gasteiger charge is 2.15. The number of imidazole rings is 2. The normalized spacial score (nSPS) is 11.0. The smallest absolute Gasteiger partial charge is 0.215 e. The van der Waals surface area contributed by atoms with Gasteiger partial charge < -0.3 is 13.9 Å². The van der Waals surface area contributed by atoms with Crippen LogP contribution in [0.1, 0.15) is 13.8 Å². The zero-order chi connectivity index (χ0) is 16.5. The summed E-state index contributed by atoms with van der Waals surface area (Å²) in [7, 11) is 0. The summed E-state index contributed by atoms with van der Waals surface area (Å²) in [5, 5.41) is 0. The van der Waals surface area contributed by atoms with E-state index in [1.54, 1.807) is 6.26 Å². The van der Waals surface area contributed by atoms with Crippen molar-refractivity contribution in [2.24, 2.45) is 0 Å². The van der Waals surface area contributed by atoms with Gasteiger partial charge in [-0.25, -0.2) is 4.98 Å². The largest absolute Gasteiger partial charge is 0.463 e. The first-order valence-electron chi connectivity index (χ1n) is 8.54. The van der Waals surface area contributed by atoms with Crippen LogP contribution in [0.4, 0.5) is 0 Å². The Morgan fingerprint density at radius 2 is 1.73 bits per heavy atom. The van der Waals surface area contributed by atoms with Gasteiger partial charge in [-0.15, -0.1) is 34.0 Å². The lowest BCUT2D eigenvalue weighted by atomic mass is 10.3. The minimum atomic E-state index is 0. The fourth-order valence-electron chi connectivity index (χ4n) is 3.29. The van der Waals surface area contributed by atoms with Crippen LogP contribution in [0.3, 0.4) is 0 Å². The SMILES string of the molecule is Br.Br.CCN(CC)CCn1c2ccccc2n2cc(-c3ccco3)nc12. The van der Waals surface area contributed by atoms with Gasteiger partial charge in [0.15, 0.2) is 5.76 Å². The molecule has 0 atom stereocenters. The zero-order valence-corrected chi connectivity index (χ0v) is 18.4. The molecule has 0 saturated heterocycles. The second kappa shape index (κ2) is 8.88. The third-order valence-corrected chi connectivity index (χ3v) is 4.67. The van der Waals surface area contributed by atoms with Crippen LogP contribution in [0.25, 0.3) is 28.3 Å². The van der Waals surface area contributed by atoms with Crippen molar-refractivity contribution in [2.45, 2.75) is 20.4 Å². The highest BCUT2D eigenvalue weighted by atomic mass is 79.9. The van der Waals surface area contributed by atoms with Gasteiger partial charge in [0, 0.05) is 19.3 Å². The van der Waals surface area contributed by atoms with Crippen LogP contribution in [-0.4, -0.2) is 38.5 Å². The van der Waals surface area contributed by atoms with Crippen LogP contribution in [0.15, 0.2) is 53.3 Å². The van der Waals surface area contributed by atoms with E-state index in [0.717, 1.165) is 43.4 Å². The molecule has 0 aliphatic heterocycles. The van der Waals surface area contributed by atoms with Crippen molar-refractivity contribution < 1.29 is 4.42 Å². The Morgan fingerprint density at radius 3 is 2.38 bits per heavy atom. The number of rotatable bonds is 6. The molecule has 0 unspecified atom stereocenters. The average molecular weight is 484 g/mol. The number of halogens is 2. The molecule has 0 amide bonds. The summed E-state index contributed by atoms with van der Waals surface area (Å²) in [6.45, 7) is 8.49. The molecule has 0 bridgehead atoms. The van der Waals surface area contributed by atoms with E-state index >= 15 is 0 Å². The van der Waals surface area contributed by atoms with E-state index in [9.17, 15) is 0 Å². The van der Waals surface area contributed by atoms with E-state index in [0.29, 0.717) is 0 Å². The summed E-state index contributed by atoms with van der Waals surface area (Å²) in [6, 6.07) is 12.3. The molecule has 4 rings (SSSR count). The van der Waals surface area contributed by atoms with Crippen LogP contribution in [-0.2, 0) is 6.54 Å². The summed E-state index contributed by atoms with van der Waals surface area (Å²) in [6.07, 6.45) is 3.75. The third-order valence-electron chi connectivity index (χ3n) is 4.67. The number of likely N-dealkylation sites (N-methyl/N-ethyl adjacent to an activating group) is 1. The van der Waals surface area contributed by atoms with Crippen LogP contribution in [0, 0.1) is 0 Å². The number of benzene rings is 1. The first-order chi connectivity index (χ1) is 11.8. The molecule has 0 fully saturated rings. The van der Waals surface area contributed by atoms with Gasteiger partial charge in [0.05, 0.1) is 17.3 Å². The Morgan fingerprint density at radius 1 is 1.00 bits per heavy atom. The van der Waals surface area contributed by atoms with Crippen molar-refractivity contribution in [3.63, 3.8) is 0 Å². The second-order valence-corrected chi connectivity index (χ2v) is 5.94. The molecule has 0 radical (unpaired) electrons. The molecule has 0 aliphatic rings. The predicted molar refractivity (Wildman–Crippen MR) is 117 cm³/mol. The Labute approximate surface area is 174 Å². The second-order valence-electron chi connectivity index (χ2n) is 5.94. The molecule has 5 nitrogen and oxygen atoms in total. The maximum absolute atomic E-state index is 5.51. The molecule has 0 saturated carbocycles. The first-order valence-corrected chi connectivity index (χ1v) is 8.54. The summed E-state index contributed by atoms with van der Waals surface area (Å²) < 4.78 is 9.98. The van der Waals surface area contributed by atoms with E-state index in [-0.39, 0.29) is 34.0 Å². The van der Waals surface area contributed by atoms with Crippen molar-refractivity contribution in [3.8, 4) is 11.5 Å². The Hall–Kier alpha value is -1.57. The Kier molecular flexibility index (Phi) is 7.08. The third kappa shape index (κ3) is 3.61. The maximum Gasteiger partial charge on any atom is 0.215 e. The fourth-order valence-corrected chi connectivity index (χ4v) is 3.29. The molecule has 4 aromatic rings. The van der Waals surface area contributed by atoms with Gasteiger partial charge in [0.25, 0.3) is 0 Å². The minimum absolute atomic E-state index is 0. The number of para-hydroxylation sites is 2. The number of hydrogen-bond donors (Lipinski definition) is 0. The number of fused-ring (bicyclic) bond motifs is 3. The van der Waals surface area contributed by atoms with Crippen LogP contribution in [0.5, 0.6) is 0 Å². The van der Waals surface area contributed by atoms with Gasteiger partial charge in [-0.1, -0.05) is 26.0 Å². The highest BCUT2D eigenvalue weighted by Crippen LogP contribution is 2.25. The van der Waals surface area contributed by atoms with E-state index in [1.165, 1.54) is 11.0 Å². The van der Waals surface area contributed by atoms with Crippen molar-refractivity contribution in [1.82, 2.24) is 18.9 Å². The molecular weight excluding hydrogens is 460 g/mol. The molecule has 26 heavy (non-hydrogen) atoms. The van der Waals surface area contributed by atoms with Crippen molar-refractivity contribution in [2.75, 3.05) is 19.6 Å². The minimum Gasteiger partial charge on any atom is -0.463 e. The molecule has 3 heterocycles. The molecule has 1 aromatic carbocycles. The van der Waals surface area contributed by atoms with Gasteiger partial charge in [-0.2, -0.15) is 0 Å². The standard InChI is InChI=1S/C19H22N4O.2BrH/c1-3-21(4-2)11-12-22-16-8-5-6-9-17(16)23-14-15(20-19(22)23)18-10-7-13-24-18;;/h5-10,13-14H,3-4,11-12H2,1-2H3;2*1H. The van der Waals surface area contributed by atoms with Gasteiger partial charge in [0.1, 0.15) is 5.69 Å². The van der Waals surface area contributed by atoms with Gasteiger partial charge in [0.2, 0.25) is 5.78 Å². The Balaban J connectivity index is 0.00000121. The molecule has 3 aromatic heterocycles. The summed E-state index contributed by atoms with van der Waals surface area (Å²) in [5.41, 5.74) is 3.27. The lowest BCUT2D eigenvalue weighted by Crippen LogP contribution is -2.27. The van der Waals surface area contributed by atoms with Gasteiger partial charge >= 0.3 is 0 Å². The maximum atomic E-state index is 5.51. The molecule has 0 aliphatic carbocycles. The zero-order valence-electron chi connectivity index (χ0n) is 15.0. The van der Waals surface area contributed by atoms with E-state index in [4.69, 9.17) is 9.40 Å². The fraction of sp³-hybridized carbons (Fsp3) is 0.316. The number of furan rings is 1. The highest BCUT2D eigenvalue weighted by molar-refractivity contribution is 8.93. The van der Waals surface area contributed by atoms with E-state index in [2.05, 4.69) is 58.2 Å². The van der Waals surface area contributed by atoms with Crippen LogP contribution >= 0.6 is 34.0 Å². The monoisotopic (exact) mass is 482 g/mol. The quantitative estimate of drug-likeness (QED) is 0.385. The van der Waals surface area contributed by atoms with E-state index in [1.807, 2.05) is 12.1 Å². The van der Waals surface area contributed by atoms with Crippen molar-refractivity contribution in [3.05, 3.63) is 48.9 Å². The number of nitrogens with zero attached hydrogens (tertiary/aromatic N) is 4. The molecule has 0 spiro atoms.